The number of allylic oxidation sites excluding steroid dienone is 3. The lowest BCUT2D eigenvalue weighted by atomic mass is 9.80. The van der Waals surface area contributed by atoms with Gasteiger partial charge in [0.2, 0.25) is 0 Å². The minimum atomic E-state index is -0.368. The van der Waals surface area contributed by atoms with E-state index in [9.17, 15) is 15.3 Å². The van der Waals surface area contributed by atoms with Crippen molar-refractivity contribution in [3.63, 3.8) is 0 Å². The number of benzene rings is 2. The molecule has 0 saturated carbocycles. The fourth-order valence-electron chi connectivity index (χ4n) is 3.26. The lowest BCUT2D eigenvalue weighted by molar-refractivity contribution is 0.376. The zero-order valence-electron chi connectivity index (χ0n) is 14.0. The summed E-state index contributed by atoms with van der Waals surface area (Å²) in [5.41, 5.74) is 1.36. The molecule has 130 valence electrons. The van der Waals surface area contributed by atoms with Gasteiger partial charge in [0, 0.05) is 29.0 Å². The predicted molar refractivity (Wildman–Crippen MR) is 94.5 cm³/mol. The van der Waals surface area contributed by atoms with Gasteiger partial charge in [-0.1, -0.05) is 18.2 Å². The van der Waals surface area contributed by atoms with Crippen LogP contribution in [0.1, 0.15) is 17.0 Å². The zero-order chi connectivity index (χ0) is 18.0. The summed E-state index contributed by atoms with van der Waals surface area (Å²) in [7, 11) is 3.15. The number of phenols is 2. The first-order chi connectivity index (χ1) is 12.0. The van der Waals surface area contributed by atoms with Gasteiger partial charge in [-0.2, -0.15) is 0 Å². The zero-order valence-corrected chi connectivity index (χ0v) is 14.0. The molecule has 2 aromatic rings. The lowest BCUT2D eigenvalue weighted by Gasteiger charge is -2.26. The van der Waals surface area contributed by atoms with E-state index in [4.69, 9.17) is 9.47 Å². The van der Waals surface area contributed by atoms with Crippen LogP contribution in [0.2, 0.25) is 0 Å². The monoisotopic (exact) mass is 340 g/mol. The SMILES string of the molecule is COc1cccc(OC)c1C(c1ccc(O)cc1O)C1C=CC(O)=C1. The molecule has 2 atom stereocenters. The second-order valence-electron chi connectivity index (χ2n) is 5.82. The molecular weight excluding hydrogens is 320 g/mol. The summed E-state index contributed by atoms with van der Waals surface area (Å²) in [5.74, 6) is 0.767. The number of hydrogen-bond donors (Lipinski definition) is 3. The van der Waals surface area contributed by atoms with E-state index >= 15 is 0 Å². The second-order valence-corrected chi connectivity index (χ2v) is 5.82. The van der Waals surface area contributed by atoms with Crippen LogP contribution in [0.25, 0.3) is 0 Å². The normalized spacial score (nSPS) is 17.2. The van der Waals surface area contributed by atoms with E-state index in [2.05, 4.69) is 0 Å². The smallest absolute Gasteiger partial charge is 0.126 e. The van der Waals surface area contributed by atoms with Crippen molar-refractivity contribution in [2.24, 2.45) is 5.92 Å². The maximum Gasteiger partial charge on any atom is 0.126 e. The number of phenolic OH excluding ortho intramolecular Hbond substituents is 2. The van der Waals surface area contributed by atoms with Crippen molar-refractivity contribution < 1.29 is 24.8 Å². The van der Waals surface area contributed by atoms with E-state index in [1.165, 1.54) is 12.1 Å². The largest absolute Gasteiger partial charge is 0.508 e. The molecule has 0 radical (unpaired) electrons. The van der Waals surface area contributed by atoms with Gasteiger partial charge in [-0.05, 0) is 30.4 Å². The Balaban J connectivity index is 2.24. The number of methoxy groups -OCH3 is 2. The van der Waals surface area contributed by atoms with Gasteiger partial charge in [0.25, 0.3) is 0 Å². The number of aliphatic hydroxyl groups is 1. The standard InChI is InChI=1S/C20H20O5/c1-24-17-4-3-5-18(25-2)20(17)19(12-6-7-13(21)10-12)15-9-8-14(22)11-16(15)23/h3-12,19,21-23H,1-2H3. The van der Waals surface area contributed by atoms with Crippen molar-refractivity contribution in [2.75, 3.05) is 14.2 Å². The van der Waals surface area contributed by atoms with Crippen LogP contribution in [0, 0.1) is 5.92 Å². The fraction of sp³-hybridized carbons (Fsp3) is 0.200. The Bertz CT molecular complexity index is 816. The minimum absolute atomic E-state index is 0.0210. The van der Waals surface area contributed by atoms with E-state index in [0.29, 0.717) is 17.1 Å². The van der Waals surface area contributed by atoms with Gasteiger partial charge in [0.15, 0.2) is 0 Å². The third-order valence-electron chi connectivity index (χ3n) is 4.36. The van der Waals surface area contributed by atoms with Crippen LogP contribution in [0.15, 0.2) is 60.4 Å². The van der Waals surface area contributed by atoms with Crippen molar-refractivity contribution >= 4 is 0 Å². The molecule has 0 heterocycles. The van der Waals surface area contributed by atoms with Gasteiger partial charge in [-0.25, -0.2) is 0 Å². The molecule has 0 fully saturated rings. The highest BCUT2D eigenvalue weighted by Crippen LogP contribution is 2.47. The van der Waals surface area contributed by atoms with Crippen LogP contribution in [0.5, 0.6) is 23.0 Å². The van der Waals surface area contributed by atoms with Crippen LogP contribution in [-0.4, -0.2) is 29.5 Å². The van der Waals surface area contributed by atoms with Crippen molar-refractivity contribution in [2.45, 2.75) is 5.92 Å². The molecule has 0 aliphatic heterocycles. The molecule has 1 aliphatic carbocycles. The highest BCUT2D eigenvalue weighted by Gasteiger charge is 2.31. The van der Waals surface area contributed by atoms with Crippen LogP contribution >= 0.6 is 0 Å². The first-order valence-electron chi connectivity index (χ1n) is 7.87. The quantitative estimate of drug-likeness (QED) is 0.770. The highest BCUT2D eigenvalue weighted by atomic mass is 16.5. The molecular formula is C20H20O5. The Morgan fingerprint density at radius 2 is 1.64 bits per heavy atom. The molecule has 0 amide bonds. The lowest BCUT2D eigenvalue weighted by Crippen LogP contribution is -2.13. The number of aromatic hydroxyl groups is 2. The van der Waals surface area contributed by atoms with E-state index in [1.54, 1.807) is 32.4 Å². The molecule has 3 rings (SSSR count). The molecule has 2 unspecified atom stereocenters. The summed E-state index contributed by atoms with van der Waals surface area (Å²) in [6.07, 6.45) is 5.19. The fourth-order valence-corrected chi connectivity index (χ4v) is 3.26. The van der Waals surface area contributed by atoms with Crippen molar-refractivity contribution in [1.82, 2.24) is 0 Å². The van der Waals surface area contributed by atoms with Crippen LogP contribution in [0.3, 0.4) is 0 Å². The molecule has 0 bridgehead atoms. The minimum Gasteiger partial charge on any atom is -0.508 e. The molecule has 5 nitrogen and oxygen atoms in total. The Hall–Kier alpha value is -3.08. The summed E-state index contributed by atoms with van der Waals surface area (Å²) in [6.45, 7) is 0. The molecule has 25 heavy (non-hydrogen) atoms. The Morgan fingerprint density at radius 1 is 0.960 bits per heavy atom. The molecule has 5 heteroatoms. The number of hydrogen-bond acceptors (Lipinski definition) is 5. The predicted octanol–water partition coefficient (Wildman–Crippen LogP) is 3.87. The number of rotatable bonds is 5. The number of ether oxygens (including phenoxy) is 2. The van der Waals surface area contributed by atoms with E-state index < -0.39 is 0 Å². The first kappa shape index (κ1) is 16.8. The summed E-state index contributed by atoms with van der Waals surface area (Å²) in [5, 5.41) is 29.9. The van der Waals surface area contributed by atoms with Crippen molar-refractivity contribution in [1.29, 1.82) is 0 Å². The average molecular weight is 340 g/mol. The maximum absolute atomic E-state index is 10.4. The third kappa shape index (κ3) is 3.13. The van der Waals surface area contributed by atoms with E-state index in [-0.39, 0.29) is 29.1 Å². The Kier molecular flexibility index (Phi) is 4.57. The molecule has 0 spiro atoms. The second kappa shape index (κ2) is 6.81. The van der Waals surface area contributed by atoms with Crippen molar-refractivity contribution in [3.05, 3.63) is 71.5 Å². The molecule has 1 aliphatic rings. The van der Waals surface area contributed by atoms with Gasteiger partial charge >= 0.3 is 0 Å². The van der Waals surface area contributed by atoms with Crippen LogP contribution in [-0.2, 0) is 0 Å². The molecule has 0 aromatic heterocycles. The van der Waals surface area contributed by atoms with Crippen LogP contribution < -0.4 is 9.47 Å². The number of aliphatic hydroxyl groups excluding tert-OH is 1. The molecule has 2 aromatic carbocycles. The summed E-state index contributed by atoms with van der Waals surface area (Å²) in [6, 6.07) is 9.96. The maximum atomic E-state index is 10.4. The van der Waals surface area contributed by atoms with Gasteiger partial charge < -0.3 is 24.8 Å². The van der Waals surface area contributed by atoms with E-state index in [1.807, 2.05) is 24.3 Å². The average Bonchev–Trinajstić information content (AvgIpc) is 3.03. The summed E-state index contributed by atoms with van der Waals surface area (Å²) < 4.78 is 11.0. The van der Waals surface area contributed by atoms with Gasteiger partial charge in [0.05, 0.1) is 14.2 Å². The topological polar surface area (TPSA) is 79.2 Å². The highest BCUT2D eigenvalue weighted by molar-refractivity contribution is 5.56. The van der Waals surface area contributed by atoms with E-state index in [0.717, 1.165) is 5.56 Å². The van der Waals surface area contributed by atoms with Gasteiger partial charge in [0.1, 0.15) is 28.8 Å². The third-order valence-corrected chi connectivity index (χ3v) is 4.36. The molecule has 0 saturated heterocycles. The van der Waals surface area contributed by atoms with Gasteiger partial charge in [-0.15, -0.1) is 0 Å². The first-order valence-corrected chi connectivity index (χ1v) is 7.87. The Labute approximate surface area is 146 Å². The summed E-state index contributed by atoms with van der Waals surface area (Å²) in [4.78, 5) is 0. The summed E-state index contributed by atoms with van der Waals surface area (Å²) >= 11 is 0. The van der Waals surface area contributed by atoms with Gasteiger partial charge in [-0.3, -0.25) is 0 Å². The molecule has 3 N–H and O–H groups in total. The Morgan fingerprint density at radius 3 is 2.16 bits per heavy atom. The van der Waals surface area contributed by atoms with Crippen LogP contribution in [0.4, 0.5) is 0 Å². The van der Waals surface area contributed by atoms with Crippen molar-refractivity contribution in [3.8, 4) is 23.0 Å².